The number of benzene rings is 2. The summed E-state index contributed by atoms with van der Waals surface area (Å²) in [4.78, 5) is 0. The van der Waals surface area contributed by atoms with E-state index in [2.05, 4.69) is 62.4 Å². The van der Waals surface area contributed by atoms with Gasteiger partial charge in [-0.15, -0.1) is 0 Å². The van der Waals surface area contributed by atoms with Crippen LogP contribution >= 0.6 is 7.92 Å². The van der Waals surface area contributed by atoms with E-state index < -0.39 is 0 Å². The highest BCUT2D eigenvalue weighted by Crippen LogP contribution is 2.43. The molecule has 0 spiro atoms. The standard InChI is InChI=1S/C19H23P/c1-15-8-3-5-12-18(15)20(14-17-10-7-11-17)19-13-6-4-9-16(19)2/h3-6,8-9,12-13,17H,7,10-11,14H2,1-2H3. The van der Waals surface area contributed by atoms with Crippen molar-refractivity contribution in [2.24, 2.45) is 5.92 Å². The zero-order valence-corrected chi connectivity index (χ0v) is 13.4. The smallest absolute Gasteiger partial charge is 0.0166 e. The summed E-state index contributed by atoms with van der Waals surface area (Å²) in [7, 11) is -0.187. The Hall–Kier alpha value is -1.13. The van der Waals surface area contributed by atoms with Crippen LogP contribution in [0.4, 0.5) is 0 Å². The van der Waals surface area contributed by atoms with Crippen LogP contribution in [0.3, 0.4) is 0 Å². The molecular formula is C19H23P. The van der Waals surface area contributed by atoms with Crippen molar-refractivity contribution in [3.8, 4) is 0 Å². The van der Waals surface area contributed by atoms with Gasteiger partial charge in [0.15, 0.2) is 0 Å². The molecule has 0 radical (unpaired) electrons. The molecule has 2 aromatic carbocycles. The van der Waals surface area contributed by atoms with Crippen LogP contribution in [0.5, 0.6) is 0 Å². The van der Waals surface area contributed by atoms with E-state index in [1.54, 1.807) is 10.6 Å². The topological polar surface area (TPSA) is 0 Å². The van der Waals surface area contributed by atoms with Crippen molar-refractivity contribution in [3.63, 3.8) is 0 Å². The van der Waals surface area contributed by atoms with E-state index in [4.69, 9.17) is 0 Å². The Labute approximate surface area is 124 Å². The molecule has 0 aromatic heterocycles. The molecule has 0 N–H and O–H groups in total. The summed E-state index contributed by atoms with van der Waals surface area (Å²) in [6, 6.07) is 18.0. The van der Waals surface area contributed by atoms with Crippen molar-refractivity contribution in [1.29, 1.82) is 0 Å². The second kappa shape index (κ2) is 6.10. The second-order valence-corrected chi connectivity index (χ2v) is 8.17. The first-order valence-corrected chi connectivity index (χ1v) is 9.17. The van der Waals surface area contributed by atoms with Crippen LogP contribution in [0.2, 0.25) is 0 Å². The Morgan fingerprint density at radius 3 is 1.75 bits per heavy atom. The van der Waals surface area contributed by atoms with Gasteiger partial charge in [0.25, 0.3) is 0 Å². The van der Waals surface area contributed by atoms with Gasteiger partial charge in [-0.2, -0.15) is 0 Å². The first kappa shape index (κ1) is 13.8. The Morgan fingerprint density at radius 2 is 1.35 bits per heavy atom. The Bertz CT molecular complexity index is 538. The van der Waals surface area contributed by atoms with E-state index in [-0.39, 0.29) is 7.92 Å². The molecule has 0 nitrogen and oxygen atoms in total. The predicted octanol–water partition coefficient (Wildman–Crippen LogP) is 4.54. The minimum absolute atomic E-state index is 0.187. The van der Waals surface area contributed by atoms with Gasteiger partial charge in [-0.25, -0.2) is 0 Å². The number of hydrogen-bond acceptors (Lipinski definition) is 0. The third-order valence-electron chi connectivity index (χ3n) is 4.48. The van der Waals surface area contributed by atoms with E-state index in [1.165, 1.54) is 36.6 Å². The maximum Gasteiger partial charge on any atom is -0.0166 e. The SMILES string of the molecule is Cc1ccccc1P(CC1CCC1)c1ccccc1C. The van der Waals surface area contributed by atoms with Crippen LogP contribution in [0, 0.1) is 19.8 Å². The Kier molecular flexibility index (Phi) is 4.22. The average molecular weight is 282 g/mol. The van der Waals surface area contributed by atoms with Gasteiger partial charge in [0.2, 0.25) is 0 Å². The summed E-state index contributed by atoms with van der Waals surface area (Å²) in [5.41, 5.74) is 2.92. The summed E-state index contributed by atoms with van der Waals surface area (Å²) >= 11 is 0. The average Bonchev–Trinajstić information content (AvgIpc) is 2.40. The summed E-state index contributed by atoms with van der Waals surface area (Å²) in [6.45, 7) is 4.54. The van der Waals surface area contributed by atoms with Crippen molar-refractivity contribution < 1.29 is 0 Å². The molecule has 1 aliphatic rings. The predicted molar refractivity (Wildman–Crippen MR) is 90.8 cm³/mol. The summed E-state index contributed by atoms with van der Waals surface area (Å²) in [5, 5.41) is 3.17. The van der Waals surface area contributed by atoms with Crippen LogP contribution < -0.4 is 10.6 Å². The molecule has 0 amide bonds. The molecular weight excluding hydrogens is 259 g/mol. The maximum absolute atomic E-state index is 2.35. The fourth-order valence-corrected chi connectivity index (χ4v) is 6.06. The highest BCUT2D eigenvalue weighted by molar-refractivity contribution is 7.73. The molecule has 0 aliphatic heterocycles. The van der Waals surface area contributed by atoms with Gasteiger partial charge < -0.3 is 0 Å². The molecule has 0 heterocycles. The van der Waals surface area contributed by atoms with E-state index in [9.17, 15) is 0 Å². The van der Waals surface area contributed by atoms with Crippen LogP contribution in [0.1, 0.15) is 30.4 Å². The van der Waals surface area contributed by atoms with Gasteiger partial charge in [-0.05, 0) is 55.6 Å². The van der Waals surface area contributed by atoms with Crippen LogP contribution in [0.15, 0.2) is 48.5 Å². The molecule has 0 saturated heterocycles. The van der Waals surface area contributed by atoms with Gasteiger partial charge in [-0.1, -0.05) is 67.8 Å². The van der Waals surface area contributed by atoms with Gasteiger partial charge >= 0.3 is 0 Å². The lowest BCUT2D eigenvalue weighted by molar-refractivity contribution is 0.352. The lowest BCUT2D eigenvalue weighted by Crippen LogP contribution is -2.24. The quantitative estimate of drug-likeness (QED) is 0.722. The van der Waals surface area contributed by atoms with E-state index >= 15 is 0 Å². The lowest BCUT2D eigenvalue weighted by atomic mass is 9.87. The van der Waals surface area contributed by atoms with Crippen LogP contribution in [-0.4, -0.2) is 6.16 Å². The van der Waals surface area contributed by atoms with Crippen LogP contribution in [-0.2, 0) is 0 Å². The fourth-order valence-electron chi connectivity index (χ4n) is 2.99. The summed E-state index contributed by atoms with van der Waals surface area (Å²) in [5.74, 6) is 0.959. The molecule has 3 rings (SSSR count). The largest absolute Gasteiger partial charge is 0.0620 e. The molecule has 1 saturated carbocycles. The third kappa shape index (κ3) is 2.81. The van der Waals surface area contributed by atoms with Crippen molar-refractivity contribution >= 4 is 18.5 Å². The maximum atomic E-state index is 2.35. The van der Waals surface area contributed by atoms with Crippen molar-refractivity contribution in [2.45, 2.75) is 33.1 Å². The normalized spacial score (nSPS) is 15.3. The highest BCUT2D eigenvalue weighted by Gasteiger charge is 2.25. The molecule has 0 bridgehead atoms. The molecule has 0 unspecified atom stereocenters. The number of rotatable bonds is 4. The molecule has 2 aromatic rings. The first-order valence-electron chi connectivity index (χ1n) is 7.64. The van der Waals surface area contributed by atoms with E-state index in [0.29, 0.717) is 0 Å². The third-order valence-corrected chi connectivity index (χ3v) is 7.53. The molecule has 104 valence electrons. The van der Waals surface area contributed by atoms with Crippen molar-refractivity contribution in [2.75, 3.05) is 6.16 Å². The number of aryl methyl sites for hydroxylation is 2. The minimum atomic E-state index is -0.187. The van der Waals surface area contributed by atoms with Crippen molar-refractivity contribution in [3.05, 3.63) is 59.7 Å². The highest BCUT2D eigenvalue weighted by atomic mass is 31.1. The summed E-state index contributed by atoms with van der Waals surface area (Å²) < 4.78 is 0. The Morgan fingerprint density at radius 1 is 0.850 bits per heavy atom. The molecule has 20 heavy (non-hydrogen) atoms. The minimum Gasteiger partial charge on any atom is -0.0620 e. The number of hydrogen-bond donors (Lipinski definition) is 0. The van der Waals surface area contributed by atoms with Crippen LogP contribution in [0.25, 0.3) is 0 Å². The molecule has 1 heteroatoms. The fraction of sp³-hybridized carbons (Fsp3) is 0.368. The van der Waals surface area contributed by atoms with Gasteiger partial charge in [-0.3, -0.25) is 0 Å². The second-order valence-electron chi connectivity index (χ2n) is 5.98. The molecule has 1 aliphatic carbocycles. The summed E-state index contributed by atoms with van der Waals surface area (Å²) in [6.07, 6.45) is 5.70. The van der Waals surface area contributed by atoms with E-state index in [0.717, 1.165) is 5.92 Å². The molecule has 1 fully saturated rings. The Balaban J connectivity index is 1.99. The van der Waals surface area contributed by atoms with Gasteiger partial charge in [0, 0.05) is 0 Å². The molecule has 0 atom stereocenters. The lowest BCUT2D eigenvalue weighted by Gasteiger charge is -2.31. The van der Waals surface area contributed by atoms with Crippen molar-refractivity contribution in [1.82, 2.24) is 0 Å². The zero-order valence-electron chi connectivity index (χ0n) is 12.5. The van der Waals surface area contributed by atoms with Gasteiger partial charge in [0.1, 0.15) is 0 Å². The van der Waals surface area contributed by atoms with Gasteiger partial charge in [0.05, 0.1) is 0 Å². The van der Waals surface area contributed by atoms with E-state index in [1.807, 2.05) is 0 Å². The first-order chi connectivity index (χ1) is 9.75. The zero-order chi connectivity index (χ0) is 13.9. The monoisotopic (exact) mass is 282 g/mol.